The molecule has 12 aromatic carbocycles. The molecule has 0 bridgehead atoms. The molecule has 17 rings (SSSR count). The lowest BCUT2D eigenvalue weighted by atomic mass is 9.66. The van der Waals surface area contributed by atoms with Crippen molar-refractivity contribution in [1.29, 1.82) is 0 Å². The summed E-state index contributed by atoms with van der Waals surface area (Å²) in [6.45, 7) is 0. The maximum absolute atomic E-state index is 5.73. The minimum absolute atomic E-state index is 0.859. The number of fused-ring (bicyclic) bond motifs is 9. The molecule has 0 atom stereocenters. The van der Waals surface area contributed by atoms with Gasteiger partial charge in [0, 0.05) is 45.1 Å². The average Bonchev–Trinajstić information content (AvgIpc) is 1.58. The van der Waals surface area contributed by atoms with Gasteiger partial charge in [0.25, 0.3) is 0 Å². The maximum Gasteiger partial charge on any atom is 0.0978 e. The van der Waals surface area contributed by atoms with E-state index in [0.29, 0.717) is 0 Å². The quantitative estimate of drug-likeness (QED) is 0.128. The first kappa shape index (κ1) is 51.7. The van der Waals surface area contributed by atoms with E-state index in [9.17, 15) is 0 Å². The molecule has 1 aliphatic carbocycles. The van der Waals surface area contributed by atoms with Gasteiger partial charge < -0.3 is 0 Å². The number of nitrogens with zero attached hydrogens (tertiary/aromatic N) is 4. The highest BCUT2D eigenvalue weighted by Crippen LogP contribution is 2.58. The summed E-state index contributed by atoms with van der Waals surface area (Å²) < 4.78 is 0. The minimum atomic E-state index is -0.873. The average molecular weight is 1130 g/mol. The topological polar surface area (TPSA) is 51.6 Å². The van der Waals surface area contributed by atoms with Crippen molar-refractivity contribution in [3.05, 3.63) is 350 Å². The van der Waals surface area contributed by atoms with E-state index in [2.05, 4.69) is 315 Å². The molecule has 0 aliphatic heterocycles. The number of aromatic nitrogens is 4. The van der Waals surface area contributed by atoms with E-state index in [-0.39, 0.29) is 0 Å². The molecule has 0 saturated carbocycles. The van der Waals surface area contributed by atoms with Crippen LogP contribution in [0.25, 0.3) is 144 Å². The van der Waals surface area contributed by atoms with Crippen molar-refractivity contribution in [3.63, 3.8) is 0 Å². The summed E-state index contributed by atoms with van der Waals surface area (Å²) in [5, 5.41) is 4.22. The zero-order chi connectivity index (χ0) is 58.8. The van der Waals surface area contributed by atoms with Crippen LogP contribution < -0.4 is 0 Å². The van der Waals surface area contributed by atoms with Crippen molar-refractivity contribution in [2.75, 3.05) is 0 Å². The fraction of sp³-hybridized carbons (Fsp3) is 0.0118. The Labute approximate surface area is 516 Å². The van der Waals surface area contributed by atoms with E-state index in [0.717, 1.165) is 144 Å². The Bertz CT molecular complexity index is 5060. The van der Waals surface area contributed by atoms with Gasteiger partial charge in [0.2, 0.25) is 0 Å². The van der Waals surface area contributed by atoms with Gasteiger partial charge in [-0.1, -0.05) is 267 Å². The number of rotatable bonds is 10. The molecule has 4 aromatic heterocycles. The van der Waals surface area contributed by atoms with Crippen LogP contribution in [0.2, 0.25) is 0 Å². The molecule has 0 unspecified atom stereocenters. The van der Waals surface area contributed by atoms with Crippen LogP contribution in [0.4, 0.5) is 0 Å². The highest BCUT2D eigenvalue weighted by molar-refractivity contribution is 6.14. The number of hydrogen-bond donors (Lipinski definition) is 0. The lowest BCUT2D eigenvalue weighted by Crippen LogP contribution is -2.29. The summed E-state index contributed by atoms with van der Waals surface area (Å²) in [6.07, 6.45) is 3.86. The van der Waals surface area contributed by atoms with Crippen LogP contribution in [0.15, 0.2) is 328 Å². The molecule has 4 heterocycles. The Morgan fingerprint density at radius 2 is 0.528 bits per heavy atom. The van der Waals surface area contributed by atoms with Gasteiger partial charge in [-0.25, -0.2) is 9.97 Å². The molecular formula is C85H54N4. The maximum atomic E-state index is 5.73. The smallest absolute Gasteiger partial charge is 0.0978 e. The molecule has 16 aromatic rings. The van der Waals surface area contributed by atoms with Crippen LogP contribution in [0.1, 0.15) is 22.3 Å². The van der Waals surface area contributed by atoms with Crippen LogP contribution >= 0.6 is 0 Å². The molecule has 89 heavy (non-hydrogen) atoms. The summed E-state index contributed by atoms with van der Waals surface area (Å²) in [7, 11) is 0. The van der Waals surface area contributed by atoms with Crippen LogP contribution in [0.5, 0.6) is 0 Å². The van der Waals surface area contributed by atoms with Crippen molar-refractivity contribution in [1.82, 2.24) is 19.9 Å². The molecule has 1 aliphatic rings. The SMILES string of the molecule is c1ccc(-c2ccc3c(c2)C(c2cccc(-c4cc(-c5ccccc5)c5ccc6c(-c7ccccc7)ccnc6c5n4)c2)(c2cccc(-c4cc(-c5ccccc5)c5ccc6c(-c7ccccc7)ccnc6c5n4)c2)c2cc(-c4ccccc4)ccc2-3)cc1. The van der Waals surface area contributed by atoms with E-state index in [4.69, 9.17) is 19.9 Å². The molecule has 0 spiro atoms. The van der Waals surface area contributed by atoms with Crippen LogP contribution in [0, 0.1) is 0 Å². The first-order valence-electron chi connectivity index (χ1n) is 30.4. The van der Waals surface area contributed by atoms with Gasteiger partial charge >= 0.3 is 0 Å². The molecule has 0 amide bonds. The van der Waals surface area contributed by atoms with Gasteiger partial charge in [-0.2, -0.15) is 0 Å². The molecule has 4 heteroatoms. The third kappa shape index (κ3) is 8.67. The summed E-state index contributed by atoms with van der Waals surface area (Å²) in [4.78, 5) is 21.8. The van der Waals surface area contributed by atoms with Crippen molar-refractivity contribution in [2.45, 2.75) is 5.41 Å². The predicted molar refractivity (Wildman–Crippen MR) is 368 cm³/mol. The Morgan fingerprint density at radius 1 is 0.202 bits per heavy atom. The van der Waals surface area contributed by atoms with Gasteiger partial charge in [0.15, 0.2) is 0 Å². The van der Waals surface area contributed by atoms with Gasteiger partial charge in [0.1, 0.15) is 0 Å². The zero-order valence-corrected chi connectivity index (χ0v) is 48.5. The van der Waals surface area contributed by atoms with Crippen LogP contribution in [-0.2, 0) is 5.41 Å². The number of benzene rings is 12. The van der Waals surface area contributed by atoms with E-state index in [1.165, 1.54) is 22.3 Å². The Morgan fingerprint density at radius 3 is 0.899 bits per heavy atom. The summed E-state index contributed by atoms with van der Waals surface area (Å²) >= 11 is 0. The predicted octanol–water partition coefficient (Wildman–Crippen LogP) is 21.6. The van der Waals surface area contributed by atoms with Gasteiger partial charge in [-0.3, -0.25) is 9.97 Å². The highest BCUT2D eigenvalue weighted by Gasteiger charge is 2.47. The van der Waals surface area contributed by atoms with Crippen molar-refractivity contribution >= 4 is 43.6 Å². The lowest BCUT2D eigenvalue weighted by Gasteiger charge is -2.35. The third-order valence-electron chi connectivity index (χ3n) is 18.3. The monoisotopic (exact) mass is 1130 g/mol. The van der Waals surface area contributed by atoms with Crippen LogP contribution in [0.3, 0.4) is 0 Å². The Kier molecular flexibility index (Phi) is 12.4. The third-order valence-corrected chi connectivity index (χ3v) is 18.3. The molecular weight excluding hydrogens is 1080 g/mol. The minimum Gasteiger partial charge on any atom is -0.254 e. The molecule has 0 saturated heterocycles. The summed E-state index contributed by atoms with van der Waals surface area (Å²) in [5.41, 5.74) is 26.9. The Hall–Kier alpha value is -11.7. The zero-order valence-electron chi connectivity index (χ0n) is 48.5. The van der Waals surface area contributed by atoms with Crippen molar-refractivity contribution < 1.29 is 0 Å². The lowest BCUT2D eigenvalue weighted by molar-refractivity contribution is 0.769. The molecule has 4 nitrogen and oxygen atoms in total. The van der Waals surface area contributed by atoms with Gasteiger partial charge in [-0.05, 0) is 149 Å². The van der Waals surface area contributed by atoms with E-state index in [1.807, 2.05) is 12.4 Å². The molecule has 0 radical (unpaired) electrons. The molecule has 0 fully saturated rings. The highest BCUT2D eigenvalue weighted by atomic mass is 14.8. The van der Waals surface area contributed by atoms with Crippen molar-refractivity contribution in [3.8, 4) is 100 Å². The van der Waals surface area contributed by atoms with Crippen molar-refractivity contribution in [2.24, 2.45) is 0 Å². The second kappa shape index (κ2) is 21.4. The fourth-order valence-electron chi connectivity index (χ4n) is 14.1. The standard InChI is InChI=1S/C85H54N4/c1-7-21-55(22-8-1)61-37-39-69-70-40-38-62(56-23-9-2-10-24-56)52-78(70)85(77(69)51-61,65-35-19-33-63(49-65)79-53-75(59-29-15-5-16-30-59)73-43-41-71-67(57-25-11-3-12-26-57)45-47-86-81(71)83(73)88-79)66-36-20-34-64(50-66)80-54-76(60-31-17-6-18-32-60)74-44-42-72-68(58-27-13-4-14-28-58)46-48-87-82(72)84(74)89-80/h1-54H. The van der Waals surface area contributed by atoms with E-state index < -0.39 is 5.41 Å². The largest absolute Gasteiger partial charge is 0.254 e. The first-order valence-corrected chi connectivity index (χ1v) is 30.4. The molecule has 414 valence electrons. The number of hydrogen-bond acceptors (Lipinski definition) is 4. The second-order valence-corrected chi connectivity index (χ2v) is 23.2. The molecule has 0 N–H and O–H groups in total. The first-order chi connectivity index (χ1) is 44.1. The van der Waals surface area contributed by atoms with Crippen LogP contribution in [-0.4, -0.2) is 19.9 Å². The fourth-order valence-corrected chi connectivity index (χ4v) is 14.1. The normalized spacial score (nSPS) is 12.4. The second-order valence-electron chi connectivity index (χ2n) is 23.2. The van der Waals surface area contributed by atoms with Gasteiger partial charge in [-0.15, -0.1) is 0 Å². The van der Waals surface area contributed by atoms with Gasteiger partial charge in [0.05, 0.1) is 38.9 Å². The summed E-state index contributed by atoms with van der Waals surface area (Å²) in [6, 6.07) is 115. The number of pyridine rings is 4. The van der Waals surface area contributed by atoms with E-state index in [1.54, 1.807) is 0 Å². The summed E-state index contributed by atoms with van der Waals surface area (Å²) in [5.74, 6) is 0. The Balaban J connectivity index is 0.943. The van der Waals surface area contributed by atoms with E-state index >= 15 is 0 Å².